The molecule has 0 aliphatic heterocycles. The fourth-order valence-corrected chi connectivity index (χ4v) is 3.56. The van der Waals surface area contributed by atoms with Gasteiger partial charge in [0.25, 0.3) is 5.91 Å². The van der Waals surface area contributed by atoms with E-state index in [1.807, 2.05) is 37.3 Å². The van der Waals surface area contributed by atoms with Gasteiger partial charge in [0.2, 0.25) is 0 Å². The maximum Gasteiger partial charge on any atom is 0.251 e. The van der Waals surface area contributed by atoms with Crippen molar-refractivity contribution in [2.75, 3.05) is 26.0 Å². The first-order valence-electron chi connectivity index (χ1n) is 10.6. The van der Waals surface area contributed by atoms with E-state index in [-0.39, 0.29) is 5.91 Å². The maximum atomic E-state index is 12.6. The minimum absolute atomic E-state index is 0.285. The van der Waals surface area contributed by atoms with Crippen molar-refractivity contribution in [3.05, 3.63) is 64.3 Å². The number of nitrogens with two attached hydrogens (primary N) is 1. The number of nitriles is 1. The molecule has 0 saturated carbocycles. The molecule has 0 bridgehead atoms. The fraction of sp³-hybridized carbons (Fsp3) is 0.292. The van der Waals surface area contributed by atoms with E-state index in [4.69, 9.17) is 26.8 Å². The minimum atomic E-state index is -0.285. The highest BCUT2D eigenvalue weighted by Gasteiger charge is 2.18. The van der Waals surface area contributed by atoms with Gasteiger partial charge in [0, 0.05) is 12.1 Å². The van der Waals surface area contributed by atoms with Crippen LogP contribution in [0.25, 0.3) is 5.69 Å². The number of aromatic nitrogens is 2. The molecule has 0 radical (unpaired) electrons. The summed E-state index contributed by atoms with van der Waals surface area (Å²) in [7, 11) is 1.50. The molecule has 3 aromatic rings. The topological polar surface area (TPSA) is 115 Å². The number of halogens is 1. The van der Waals surface area contributed by atoms with Gasteiger partial charge in [0.05, 0.1) is 30.1 Å². The molecule has 0 fully saturated rings. The molecule has 0 atom stereocenters. The zero-order valence-electron chi connectivity index (χ0n) is 18.6. The maximum absolute atomic E-state index is 12.6. The van der Waals surface area contributed by atoms with Gasteiger partial charge in [-0.15, -0.1) is 0 Å². The van der Waals surface area contributed by atoms with Crippen LogP contribution in [0.2, 0.25) is 5.02 Å². The number of aryl methyl sites for hydroxylation is 1. The first kappa shape index (κ1) is 24.0. The molecule has 0 aliphatic carbocycles. The normalized spacial score (nSPS) is 10.5. The van der Waals surface area contributed by atoms with Gasteiger partial charge < -0.3 is 20.5 Å². The standard InChI is InChI=1S/C24H26ClN5O3/c1-3-12-33-22-19(25)13-16(14-21(22)32-2)24(31)28-11-7-10-20-18(15-26)23(27)30(29-20)17-8-5-4-6-9-17/h4-6,8-9,13-14H,3,7,10-12,27H2,1-2H3,(H,28,31). The van der Waals surface area contributed by atoms with Crippen molar-refractivity contribution < 1.29 is 14.3 Å². The van der Waals surface area contributed by atoms with Crippen LogP contribution in [0.15, 0.2) is 42.5 Å². The average molecular weight is 468 g/mol. The van der Waals surface area contributed by atoms with Crippen molar-refractivity contribution in [2.24, 2.45) is 0 Å². The Morgan fingerprint density at radius 3 is 2.73 bits per heavy atom. The molecule has 0 spiro atoms. The molecule has 1 aromatic heterocycles. The number of nitrogens with zero attached hydrogens (tertiary/aromatic N) is 3. The second-order valence-electron chi connectivity index (χ2n) is 7.26. The Balaban J connectivity index is 1.63. The van der Waals surface area contributed by atoms with Crippen molar-refractivity contribution in [3.63, 3.8) is 0 Å². The second kappa shape index (κ2) is 11.2. The van der Waals surface area contributed by atoms with Crippen molar-refractivity contribution in [3.8, 4) is 23.3 Å². The summed E-state index contributed by atoms with van der Waals surface area (Å²) in [6, 6.07) is 14.7. The smallest absolute Gasteiger partial charge is 0.251 e. The third kappa shape index (κ3) is 5.57. The quantitative estimate of drug-likeness (QED) is 0.433. The van der Waals surface area contributed by atoms with Gasteiger partial charge in [0.1, 0.15) is 17.5 Å². The van der Waals surface area contributed by atoms with Crippen LogP contribution in [0.5, 0.6) is 11.5 Å². The van der Waals surface area contributed by atoms with Crippen LogP contribution in [-0.4, -0.2) is 35.9 Å². The number of hydrogen-bond donors (Lipinski definition) is 2. The van der Waals surface area contributed by atoms with Gasteiger partial charge >= 0.3 is 0 Å². The van der Waals surface area contributed by atoms with Crippen LogP contribution in [0, 0.1) is 11.3 Å². The van der Waals surface area contributed by atoms with Gasteiger partial charge in [-0.25, -0.2) is 4.68 Å². The summed E-state index contributed by atoms with van der Waals surface area (Å²) in [6.45, 7) is 2.87. The number of para-hydroxylation sites is 1. The number of nitrogens with one attached hydrogen (secondary N) is 1. The van der Waals surface area contributed by atoms with E-state index in [2.05, 4.69) is 16.5 Å². The lowest BCUT2D eigenvalue weighted by Gasteiger charge is -2.13. The number of hydrogen-bond acceptors (Lipinski definition) is 6. The van der Waals surface area contributed by atoms with Gasteiger partial charge in [-0.2, -0.15) is 10.4 Å². The molecule has 172 valence electrons. The zero-order valence-corrected chi connectivity index (χ0v) is 19.4. The minimum Gasteiger partial charge on any atom is -0.493 e. The largest absolute Gasteiger partial charge is 0.493 e. The summed E-state index contributed by atoms with van der Waals surface area (Å²) in [4.78, 5) is 12.6. The lowest BCUT2D eigenvalue weighted by molar-refractivity contribution is 0.0952. The molecule has 1 amide bonds. The first-order valence-corrected chi connectivity index (χ1v) is 11.0. The highest BCUT2D eigenvalue weighted by atomic mass is 35.5. The average Bonchev–Trinajstić information content (AvgIpc) is 3.15. The Morgan fingerprint density at radius 1 is 1.30 bits per heavy atom. The molecule has 2 aromatic carbocycles. The van der Waals surface area contributed by atoms with Crippen molar-refractivity contribution in [2.45, 2.75) is 26.2 Å². The van der Waals surface area contributed by atoms with Gasteiger partial charge in [-0.1, -0.05) is 36.7 Å². The van der Waals surface area contributed by atoms with Crippen molar-refractivity contribution in [1.82, 2.24) is 15.1 Å². The lowest BCUT2D eigenvalue weighted by Crippen LogP contribution is -2.25. The zero-order chi connectivity index (χ0) is 23.8. The van der Waals surface area contributed by atoms with Crippen LogP contribution >= 0.6 is 11.6 Å². The van der Waals surface area contributed by atoms with Gasteiger partial charge in [-0.05, 0) is 43.5 Å². The van der Waals surface area contributed by atoms with Crippen LogP contribution < -0.4 is 20.5 Å². The Morgan fingerprint density at radius 2 is 2.06 bits per heavy atom. The number of ether oxygens (including phenoxy) is 2. The number of rotatable bonds is 10. The van der Waals surface area contributed by atoms with E-state index in [0.29, 0.717) is 65.2 Å². The molecule has 0 aliphatic rings. The van der Waals surface area contributed by atoms with Crippen molar-refractivity contribution >= 4 is 23.3 Å². The number of methoxy groups -OCH3 is 1. The Kier molecular flexibility index (Phi) is 8.17. The predicted octanol–water partition coefficient (Wildman–Crippen LogP) is 4.14. The van der Waals surface area contributed by atoms with E-state index in [0.717, 1.165) is 12.1 Å². The molecule has 1 heterocycles. The van der Waals surface area contributed by atoms with Gasteiger partial charge in [-0.3, -0.25) is 4.79 Å². The Labute approximate surface area is 197 Å². The molecular formula is C24H26ClN5O3. The van der Waals surface area contributed by atoms with Crippen LogP contribution in [0.1, 0.15) is 41.4 Å². The SMILES string of the molecule is CCCOc1c(Cl)cc(C(=O)NCCCc2nn(-c3ccccc3)c(N)c2C#N)cc1OC. The summed E-state index contributed by atoms with van der Waals surface area (Å²) in [5.74, 6) is 0.844. The van der Waals surface area contributed by atoms with E-state index in [9.17, 15) is 10.1 Å². The molecular weight excluding hydrogens is 442 g/mol. The lowest BCUT2D eigenvalue weighted by atomic mass is 10.1. The van der Waals surface area contributed by atoms with Crippen LogP contribution in [0.4, 0.5) is 5.82 Å². The van der Waals surface area contributed by atoms with E-state index >= 15 is 0 Å². The monoisotopic (exact) mass is 467 g/mol. The molecule has 3 N–H and O–H groups in total. The summed E-state index contributed by atoms with van der Waals surface area (Å²) < 4.78 is 12.5. The third-order valence-corrected chi connectivity index (χ3v) is 5.21. The molecule has 8 nitrogen and oxygen atoms in total. The summed E-state index contributed by atoms with van der Waals surface area (Å²) in [5, 5.41) is 17.2. The highest BCUT2D eigenvalue weighted by Crippen LogP contribution is 2.36. The van der Waals surface area contributed by atoms with E-state index in [1.54, 1.807) is 16.8 Å². The summed E-state index contributed by atoms with van der Waals surface area (Å²) in [5.41, 5.74) is 8.23. The fourth-order valence-electron chi connectivity index (χ4n) is 3.30. The molecule has 3 rings (SSSR count). The van der Waals surface area contributed by atoms with E-state index < -0.39 is 0 Å². The number of amides is 1. The summed E-state index contributed by atoms with van der Waals surface area (Å²) in [6.07, 6.45) is 1.89. The Hall–Kier alpha value is -3.70. The van der Waals surface area contributed by atoms with Crippen LogP contribution in [0.3, 0.4) is 0 Å². The van der Waals surface area contributed by atoms with Crippen LogP contribution in [-0.2, 0) is 6.42 Å². The third-order valence-electron chi connectivity index (χ3n) is 4.92. The molecule has 0 unspecified atom stereocenters. The number of benzene rings is 2. The first-order chi connectivity index (χ1) is 16.0. The number of nitrogen functional groups attached to an aromatic ring is 1. The van der Waals surface area contributed by atoms with Gasteiger partial charge in [0.15, 0.2) is 11.5 Å². The molecule has 0 saturated heterocycles. The van der Waals surface area contributed by atoms with E-state index in [1.165, 1.54) is 7.11 Å². The highest BCUT2D eigenvalue weighted by molar-refractivity contribution is 6.32. The number of anilines is 1. The second-order valence-corrected chi connectivity index (χ2v) is 7.67. The summed E-state index contributed by atoms with van der Waals surface area (Å²) >= 11 is 6.30. The predicted molar refractivity (Wildman–Crippen MR) is 127 cm³/mol. The number of carbonyl (C=O) groups is 1. The molecule has 33 heavy (non-hydrogen) atoms. The number of carbonyl (C=O) groups excluding carboxylic acids is 1. The van der Waals surface area contributed by atoms with Crippen molar-refractivity contribution in [1.29, 1.82) is 5.26 Å². The molecule has 9 heteroatoms. The Bertz CT molecular complexity index is 1160.